The average Bonchev–Trinajstić information content (AvgIpc) is 3.11. The maximum Gasteiger partial charge on any atom is 0.270 e. The summed E-state index contributed by atoms with van der Waals surface area (Å²) in [4.78, 5) is 47.0. The molecule has 2 aliphatic carbocycles. The highest BCUT2D eigenvalue weighted by Gasteiger charge is 2.73. The summed E-state index contributed by atoms with van der Waals surface area (Å²) in [6, 6.07) is 9.38. The number of carbonyl (C=O) groups excluding carboxylic acids is 2. The van der Waals surface area contributed by atoms with E-state index in [9.17, 15) is 19.7 Å². The molecule has 3 aromatic rings. The van der Waals surface area contributed by atoms with E-state index in [0.29, 0.717) is 12.1 Å². The molecule has 0 aliphatic heterocycles. The minimum absolute atomic E-state index is 0.0796. The molecule has 2 atom stereocenters. The van der Waals surface area contributed by atoms with Gasteiger partial charge in [0.15, 0.2) is 0 Å². The number of non-ortho nitro benzene ring substituents is 1. The Hall–Kier alpha value is -3.88. The molecule has 2 amide bonds. The summed E-state index contributed by atoms with van der Waals surface area (Å²) >= 11 is 0. The summed E-state index contributed by atoms with van der Waals surface area (Å²) in [5.74, 6) is -0.993. The summed E-state index contributed by atoms with van der Waals surface area (Å²) in [5, 5.41) is 11.0. The number of amides is 2. The van der Waals surface area contributed by atoms with Gasteiger partial charge in [0.05, 0.1) is 27.3 Å². The van der Waals surface area contributed by atoms with Gasteiger partial charge in [0.1, 0.15) is 5.41 Å². The van der Waals surface area contributed by atoms with Crippen molar-refractivity contribution in [1.29, 1.82) is 0 Å². The SMILES string of the molecule is Cc1cc2nc3c(nc2cc1C)C1(C(=O)NNC(=O)c2cccc([N+](=O)[O-])c2)CCC3(C)C1(C)C. The van der Waals surface area contributed by atoms with Crippen LogP contribution in [0.15, 0.2) is 36.4 Å². The zero-order valence-corrected chi connectivity index (χ0v) is 20.4. The van der Waals surface area contributed by atoms with E-state index in [0.717, 1.165) is 34.3 Å². The molecule has 180 valence electrons. The Morgan fingerprint density at radius 3 is 2.20 bits per heavy atom. The van der Waals surface area contributed by atoms with E-state index in [1.165, 1.54) is 24.3 Å². The fraction of sp³-hybridized carbons (Fsp3) is 0.385. The first-order chi connectivity index (χ1) is 16.4. The average molecular weight is 474 g/mol. The van der Waals surface area contributed by atoms with E-state index in [-0.39, 0.29) is 22.6 Å². The van der Waals surface area contributed by atoms with Gasteiger partial charge in [0.2, 0.25) is 0 Å². The number of carbonyl (C=O) groups is 2. The van der Waals surface area contributed by atoms with Gasteiger partial charge >= 0.3 is 0 Å². The number of benzene rings is 2. The van der Waals surface area contributed by atoms with Gasteiger partial charge in [-0.3, -0.25) is 30.6 Å². The molecule has 2 unspecified atom stereocenters. The van der Waals surface area contributed by atoms with E-state index in [1.807, 2.05) is 26.0 Å². The number of nitrogens with one attached hydrogen (secondary N) is 2. The molecule has 1 fully saturated rings. The number of nitrogens with zero attached hydrogens (tertiary/aromatic N) is 3. The van der Waals surface area contributed by atoms with Gasteiger partial charge in [0, 0.05) is 23.1 Å². The minimum atomic E-state index is -0.979. The summed E-state index contributed by atoms with van der Waals surface area (Å²) in [6.45, 7) is 10.3. The van der Waals surface area contributed by atoms with Crippen molar-refractivity contribution >= 4 is 28.5 Å². The minimum Gasteiger partial charge on any atom is -0.272 e. The Balaban J connectivity index is 1.52. The highest BCUT2D eigenvalue weighted by atomic mass is 16.6. The van der Waals surface area contributed by atoms with Crippen molar-refractivity contribution in [3.05, 3.63) is 74.6 Å². The van der Waals surface area contributed by atoms with Crippen LogP contribution in [0.2, 0.25) is 0 Å². The van der Waals surface area contributed by atoms with Crippen molar-refractivity contribution in [2.75, 3.05) is 0 Å². The number of nitro benzene ring substituents is 1. The Morgan fingerprint density at radius 1 is 0.943 bits per heavy atom. The lowest BCUT2D eigenvalue weighted by atomic mass is 9.63. The quantitative estimate of drug-likeness (QED) is 0.438. The van der Waals surface area contributed by atoms with Crippen molar-refractivity contribution in [3.8, 4) is 0 Å². The van der Waals surface area contributed by atoms with Gasteiger partial charge in [-0.15, -0.1) is 0 Å². The number of nitro groups is 1. The van der Waals surface area contributed by atoms with Gasteiger partial charge in [-0.2, -0.15) is 0 Å². The highest BCUT2D eigenvalue weighted by molar-refractivity contribution is 5.98. The molecule has 2 N–H and O–H groups in total. The topological polar surface area (TPSA) is 127 Å². The Morgan fingerprint density at radius 2 is 1.57 bits per heavy atom. The Labute approximate surface area is 202 Å². The molecule has 2 bridgehead atoms. The molecule has 9 nitrogen and oxygen atoms in total. The molecule has 2 aromatic carbocycles. The second-order valence-corrected chi connectivity index (χ2v) is 10.4. The first-order valence-electron chi connectivity index (χ1n) is 11.6. The van der Waals surface area contributed by atoms with Gasteiger partial charge in [-0.05, 0) is 61.4 Å². The predicted octanol–water partition coefficient (Wildman–Crippen LogP) is 3.95. The number of hydrogen-bond donors (Lipinski definition) is 2. The summed E-state index contributed by atoms with van der Waals surface area (Å²) < 4.78 is 0. The molecule has 0 spiro atoms. The number of rotatable bonds is 3. The monoisotopic (exact) mass is 473 g/mol. The molecule has 0 saturated heterocycles. The lowest BCUT2D eigenvalue weighted by Crippen LogP contribution is -2.55. The smallest absolute Gasteiger partial charge is 0.270 e. The third-order valence-corrected chi connectivity index (χ3v) is 8.65. The summed E-state index contributed by atoms with van der Waals surface area (Å²) in [6.07, 6.45) is 1.34. The van der Waals surface area contributed by atoms with Crippen molar-refractivity contribution in [3.63, 3.8) is 0 Å². The van der Waals surface area contributed by atoms with Crippen LogP contribution >= 0.6 is 0 Å². The lowest BCUT2D eigenvalue weighted by Gasteiger charge is -2.39. The van der Waals surface area contributed by atoms with E-state index in [4.69, 9.17) is 9.97 Å². The van der Waals surface area contributed by atoms with E-state index >= 15 is 0 Å². The van der Waals surface area contributed by atoms with Crippen LogP contribution in [-0.2, 0) is 15.6 Å². The first kappa shape index (κ1) is 22.9. The van der Waals surface area contributed by atoms with Crippen molar-refractivity contribution in [2.24, 2.45) is 5.41 Å². The third kappa shape index (κ3) is 2.93. The predicted molar refractivity (Wildman–Crippen MR) is 130 cm³/mol. The van der Waals surface area contributed by atoms with Crippen LogP contribution < -0.4 is 10.9 Å². The van der Waals surface area contributed by atoms with Gasteiger partial charge in [-0.1, -0.05) is 26.8 Å². The number of aryl methyl sites for hydroxylation is 2. The largest absolute Gasteiger partial charge is 0.272 e. The van der Waals surface area contributed by atoms with Crippen LogP contribution in [0, 0.1) is 29.4 Å². The zero-order chi connectivity index (χ0) is 25.3. The number of hydrogen-bond acceptors (Lipinski definition) is 6. The molecule has 1 heterocycles. The molecule has 0 radical (unpaired) electrons. The van der Waals surface area contributed by atoms with E-state index in [2.05, 4.69) is 31.6 Å². The van der Waals surface area contributed by atoms with E-state index in [1.54, 1.807) is 0 Å². The van der Waals surface area contributed by atoms with Gasteiger partial charge in [0.25, 0.3) is 17.5 Å². The van der Waals surface area contributed by atoms with Crippen LogP contribution in [-0.4, -0.2) is 26.7 Å². The summed E-state index contributed by atoms with van der Waals surface area (Å²) in [7, 11) is 0. The molecular formula is C26H27N5O4. The molecule has 1 aromatic heterocycles. The van der Waals surface area contributed by atoms with Gasteiger partial charge in [-0.25, -0.2) is 9.97 Å². The lowest BCUT2D eigenvalue weighted by molar-refractivity contribution is -0.384. The van der Waals surface area contributed by atoms with Crippen LogP contribution in [0.25, 0.3) is 11.0 Å². The van der Waals surface area contributed by atoms with Crippen LogP contribution in [0.5, 0.6) is 0 Å². The van der Waals surface area contributed by atoms with Crippen molar-refractivity contribution < 1.29 is 14.5 Å². The number of hydrazine groups is 1. The fourth-order valence-corrected chi connectivity index (χ4v) is 5.91. The number of aromatic nitrogens is 2. The summed E-state index contributed by atoms with van der Waals surface area (Å²) in [5.41, 5.74) is 8.36. The Bertz CT molecular complexity index is 1450. The zero-order valence-electron chi connectivity index (χ0n) is 20.4. The third-order valence-electron chi connectivity index (χ3n) is 8.65. The van der Waals surface area contributed by atoms with Crippen molar-refractivity contribution in [1.82, 2.24) is 20.8 Å². The molecule has 5 rings (SSSR count). The maximum atomic E-state index is 13.8. The molecule has 1 saturated carbocycles. The van der Waals surface area contributed by atoms with Crippen molar-refractivity contribution in [2.45, 2.75) is 58.3 Å². The standard InChI is InChI=1S/C26H27N5O4/c1-14-11-18-19(12-15(14)2)28-21-20(27-18)25(5)9-10-26(21,24(25,3)4)23(33)30-29-22(32)16-7-6-8-17(13-16)31(34)35/h6-8,11-13H,9-10H2,1-5H3,(H,29,32)(H,30,33). The second kappa shape index (κ2) is 7.31. The fourth-order valence-electron chi connectivity index (χ4n) is 5.91. The normalized spacial score (nSPS) is 23.7. The van der Waals surface area contributed by atoms with Crippen LogP contribution in [0.3, 0.4) is 0 Å². The second-order valence-electron chi connectivity index (χ2n) is 10.4. The molecule has 9 heteroatoms. The van der Waals surface area contributed by atoms with E-state index < -0.39 is 21.7 Å². The van der Waals surface area contributed by atoms with Gasteiger partial charge < -0.3 is 0 Å². The van der Waals surface area contributed by atoms with Crippen LogP contribution in [0.4, 0.5) is 5.69 Å². The molecular weight excluding hydrogens is 446 g/mol. The molecule has 35 heavy (non-hydrogen) atoms. The number of fused-ring (bicyclic) bond motifs is 6. The first-order valence-corrected chi connectivity index (χ1v) is 11.6. The molecule has 2 aliphatic rings. The Kier molecular flexibility index (Phi) is 4.78. The van der Waals surface area contributed by atoms with Crippen LogP contribution in [0.1, 0.15) is 66.5 Å². The maximum absolute atomic E-state index is 13.8. The highest BCUT2D eigenvalue weighted by Crippen LogP contribution is 2.70.